The molecule has 0 spiro atoms. The molecule has 7 heteroatoms. The van der Waals surface area contributed by atoms with Crippen molar-refractivity contribution in [3.8, 4) is 11.8 Å². The highest BCUT2D eigenvalue weighted by Crippen LogP contribution is 2.21. The Labute approximate surface area is 158 Å². The monoisotopic (exact) mass is 382 g/mol. The molecular formula is C20H18N2O4S. The molecular weight excluding hydrogens is 364 g/mol. The van der Waals surface area contributed by atoms with Gasteiger partial charge in [0.2, 0.25) is 5.91 Å². The van der Waals surface area contributed by atoms with Gasteiger partial charge in [-0.3, -0.25) is 4.79 Å². The highest BCUT2D eigenvalue weighted by atomic mass is 32.2. The molecule has 6 nitrogen and oxygen atoms in total. The van der Waals surface area contributed by atoms with Gasteiger partial charge in [-0.1, -0.05) is 24.3 Å². The molecule has 1 atom stereocenters. The Kier molecular flexibility index (Phi) is 5.57. The molecule has 1 heterocycles. The molecule has 1 aliphatic heterocycles. The first-order valence-corrected chi connectivity index (χ1v) is 10.1. The van der Waals surface area contributed by atoms with E-state index in [0.29, 0.717) is 23.6 Å². The molecule has 1 amide bonds. The molecule has 138 valence electrons. The third-order valence-electron chi connectivity index (χ3n) is 4.03. The minimum atomic E-state index is -3.16. The predicted molar refractivity (Wildman–Crippen MR) is 102 cm³/mol. The Balaban J connectivity index is 1.56. The minimum Gasteiger partial charge on any atom is -0.489 e. The third-order valence-corrected chi connectivity index (χ3v) is 5.50. The van der Waals surface area contributed by atoms with E-state index in [1.54, 1.807) is 48.5 Å². The van der Waals surface area contributed by atoms with E-state index in [0.717, 1.165) is 5.56 Å². The molecule has 0 saturated heterocycles. The largest absolute Gasteiger partial charge is 0.489 e. The first-order chi connectivity index (χ1) is 12.9. The summed E-state index contributed by atoms with van der Waals surface area (Å²) in [5.41, 5.74) is 2.02. The standard InChI is InChI=1S/C20H18N2O4S/c21-12-15-3-1-4-16(9-15)13-26-19-6-2-5-18(11-19)22-20(23)10-17-7-8-27(24,25)14-17/h1-9,11,17H,10,13-14H2,(H,22,23). The van der Waals surface area contributed by atoms with Crippen molar-refractivity contribution >= 4 is 21.4 Å². The van der Waals surface area contributed by atoms with Gasteiger partial charge in [-0.05, 0) is 29.8 Å². The Morgan fingerprint density at radius 2 is 2.04 bits per heavy atom. The average Bonchev–Trinajstić information content (AvgIpc) is 2.98. The summed E-state index contributed by atoms with van der Waals surface area (Å²) in [6.45, 7) is 0.303. The second-order valence-corrected chi connectivity index (χ2v) is 8.23. The van der Waals surface area contributed by atoms with Crippen LogP contribution in [-0.2, 0) is 21.2 Å². The molecule has 1 aliphatic rings. The fourth-order valence-electron chi connectivity index (χ4n) is 2.78. The smallest absolute Gasteiger partial charge is 0.224 e. The van der Waals surface area contributed by atoms with Crippen molar-refractivity contribution in [1.29, 1.82) is 5.26 Å². The van der Waals surface area contributed by atoms with E-state index in [9.17, 15) is 13.2 Å². The van der Waals surface area contributed by atoms with Crippen LogP contribution in [0, 0.1) is 17.2 Å². The molecule has 0 aliphatic carbocycles. The van der Waals surface area contributed by atoms with Crippen LogP contribution in [0.1, 0.15) is 17.5 Å². The van der Waals surface area contributed by atoms with Crippen LogP contribution >= 0.6 is 0 Å². The van der Waals surface area contributed by atoms with Crippen molar-refractivity contribution in [3.05, 3.63) is 71.1 Å². The number of hydrogen-bond acceptors (Lipinski definition) is 5. The van der Waals surface area contributed by atoms with E-state index >= 15 is 0 Å². The lowest BCUT2D eigenvalue weighted by atomic mass is 10.1. The van der Waals surface area contributed by atoms with Crippen LogP contribution < -0.4 is 10.1 Å². The van der Waals surface area contributed by atoms with Crippen LogP contribution in [0.4, 0.5) is 5.69 Å². The van der Waals surface area contributed by atoms with Crippen LogP contribution in [0.5, 0.6) is 5.75 Å². The maximum Gasteiger partial charge on any atom is 0.224 e. The summed E-state index contributed by atoms with van der Waals surface area (Å²) in [5, 5.41) is 12.9. The number of carbonyl (C=O) groups is 1. The summed E-state index contributed by atoms with van der Waals surface area (Å²) >= 11 is 0. The van der Waals surface area contributed by atoms with E-state index in [2.05, 4.69) is 11.4 Å². The topological polar surface area (TPSA) is 96.3 Å². The highest BCUT2D eigenvalue weighted by molar-refractivity contribution is 7.94. The summed E-state index contributed by atoms with van der Waals surface area (Å²) in [6, 6.07) is 16.2. The average molecular weight is 382 g/mol. The number of rotatable bonds is 6. The maximum absolute atomic E-state index is 12.1. The van der Waals surface area contributed by atoms with Crippen molar-refractivity contribution in [2.75, 3.05) is 11.1 Å². The molecule has 2 aromatic carbocycles. The van der Waals surface area contributed by atoms with Gasteiger partial charge in [-0.15, -0.1) is 0 Å². The van der Waals surface area contributed by atoms with Gasteiger partial charge >= 0.3 is 0 Å². The highest BCUT2D eigenvalue weighted by Gasteiger charge is 2.23. The fourth-order valence-corrected chi connectivity index (χ4v) is 4.18. The van der Waals surface area contributed by atoms with Crippen molar-refractivity contribution in [1.82, 2.24) is 0 Å². The normalized spacial score (nSPS) is 17.2. The van der Waals surface area contributed by atoms with E-state index in [1.807, 2.05) is 6.07 Å². The SMILES string of the molecule is N#Cc1cccc(COc2cccc(NC(=O)CC3C=CS(=O)(=O)C3)c2)c1. The second kappa shape index (κ2) is 8.06. The zero-order valence-corrected chi connectivity index (χ0v) is 15.3. The number of amides is 1. The summed E-state index contributed by atoms with van der Waals surface area (Å²) in [4.78, 5) is 12.1. The van der Waals surface area contributed by atoms with Crippen LogP contribution in [0.25, 0.3) is 0 Å². The van der Waals surface area contributed by atoms with Crippen LogP contribution in [0.2, 0.25) is 0 Å². The number of benzene rings is 2. The van der Waals surface area contributed by atoms with Gasteiger partial charge < -0.3 is 10.1 Å². The molecule has 27 heavy (non-hydrogen) atoms. The van der Waals surface area contributed by atoms with Gasteiger partial charge in [0, 0.05) is 29.5 Å². The van der Waals surface area contributed by atoms with Crippen LogP contribution in [-0.4, -0.2) is 20.1 Å². The lowest BCUT2D eigenvalue weighted by Gasteiger charge is -2.11. The van der Waals surface area contributed by atoms with E-state index in [-0.39, 0.29) is 24.0 Å². The Morgan fingerprint density at radius 3 is 2.78 bits per heavy atom. The third kappa shape index (κ3) is 5.43. The van der Waals surface area contributed by atoms with Gasteiger partial charge in [0.1, 0.15) is 12.4 Å². The first-order valence-electron chi connectivity index (χ1n) is 8.36. The number of ether oxygens (including phenoxy) is 1. The van der Waals surface area contributed by atoms with Gasteiger partial charge in [0.25, 0.3) is 0 Å². The predicted octanol–water partition coefficient (Wildman–Crippen LogP) is 3.02. The summed E-state index contributed by atoms with van der Waals surface area (Å²) in [5.74, 6) is 0.0201. The Hall–Kier alpha value is -3.11. The number of carbonyl (C=O) groups excluding carboxylic acids is 1. The number of nitrogens with one attached hydrogen (secondary N) is 1. The number of allylic oxidation sites excluding steroid dienone is 1. The second-order valence-electron chi connectivity index (χ2n) is 6.30. The van der Waals surface area contributed by atoms with Gasteiger partial charge in [-0.25, -0.2) is 8.42 Å². The Bertz CT molecular complexity index is 1020. The molecule has 1 unspecified atom stereocenters. The molecule has 2 aromatic rings. The van der Waals surface area contributed by atoms with Crippen molar-refractivity contribution in [2.24, 2.45) is 5.92 Å². The van der Waals surface area contributed by atoms with E-state index in [1.165, 1.54) is 5.41 Å². The minimum absolute atomic E-state index is 0.0225. The molecule has 0 saturated carbocycles. The van der Waals surface area contributed by atoms with Crippen LogP contribution in [0.3, 0.4) is 0 Å². The molecule has 3 rings (SSSR count). The maximum atomic E-state index is 12.1. The van der Waals surface area contributed by atoms with Crippen molar-refractivity contribution < 1.29 is 17.9 Å². The van der Waals surface area contributed by atoms with E-state index < -0.39 is 9.84 Å². The summed E-state index contributed by atoms with van der Waals surface area (Å²) < 4.78 is 28.5. The fraction of sp³-hybridized carbons (Fsp3) is 0.200. The summed E-state index contributed by atoms with van der Waals surface area (Å²) in [6.07, 6.45) is 1.67. The van der Waals surface area contributed by atoms with Crippen LogP contribution in [0.15, 0.2) is 60.0 Å². The zero-order chi connectivity index (χ0) is 19.3. The van der Waals surface area contributed by atoms with Crippen molar-refractivity contribution in [3.63, 3.8) is 0 Å². The molecule has 1 N–H and O–H groups in total. The van der Waals surface area contributed by atoms with Crippen molar-refractivity contribution in [2.45, 2.75) is 13.0 Å². The van der Waals surface area contributed by atoms with Gasteiger partial charge in [0.15, 0.2) is 9.84 Å². The lowest BCUT2D eigenvalue weighted by molar-refractivity contribution is -0.116. The molecule has 0 fully saturated rings. The number of nitrogens with zero attached hydrogens (tertiary/aromatic N) is 1. The zero-order valence-electron chi connectivity index (χ0n) is 14.5. The van der Waals surface area contributed by atoms with Gasteiger partial charge in [-0.2, -0.15) is 5.26 Å². The Morgan fingerprint density at radius 1 is 1.22 bits per heavy atom. The lowest BCUT2D eigenvalue weighted by Crippen LogP contribution is -2.17. The quantitative estimate of drug-likeness (QED) is 0.828. The number of sulfone groups is 1. The molecule has 0 aromatic heterocycles. The molecule has 0 bridgehead atoms. The van der Waals surface area contributed by atoms with Gasteiger partial charge in [0.05, 0.1) is 17.4 Å². The van der Waals surface area contributed by atoms with E-state index in [4.69, 9.17) is 10.00 Å². The number of hydrogen-bond donors (Lipinski definition) is 1. The number of anilines is 1. The summed E-state index contributed by atoms with van der Waals surface area (Å²) in [7, 11) is -3.16. The molecule has 0 radical (unpaired) electrons. The first kappa shape index (κ1) is 18.7. The number of nitriles is 1.